The Bertz CT molecular complexity index is 355. The van der Waals surface area contributed by atoms with Crippen LogP contribution >= 0.6 is 0 Å². The van der Waals surface area contributed by atoms with Gasteiger partial charge in [-0.15, -0.1) is 0 Å². The summed E-state index contributed by atoms with van der Waals surface area (Å²) in [5, 5.41) is 0. The molecule has 68 valence electrons. The average molecular weight is 175 g/mol. The molecule has 0 radical (unpaired) electrons. The fourth-order valence-corrected chi connectivity index (χ4v) is 1.90. The summed E-state index contributed by atoms with van der Waals surface area (Å²) < 4.78 is 0. The van der Waals surface area contributed by atoms with E-state index in [0.29, 0.717) is 12.3 Å². The van der Waals surface area contributed by atoms with E-state index in [1.54, 1.807) is 6.20 Å². The third kappa shape index (κ3) is 1.26. The SMILES string of the molecule is CC(C)c1nccc2c1CCC2=O. The van der Waals surface area contributed by atoms with E-state index in [2.05, 4.69) is 18.8 Å². The summed E-state index contributed by atoms with van der Waals surface area (Å²) in [6.07, 6.45) is 3.30. The summed E-state index contributed by atoms with van der Waals surface area (Å²) in [5.41, 5.74) is 3.18. The minimum Gasteiger partial charge on any atom is -0.294 e. The number of aromatic nitrogens is 1. The van der Waals surface area contributed by atoms with Gasteiger partial charge in [-0.3, -0.25) is 9.78 Å². The van der Waals surface area contributed by atoms with Gasteiger partial charge in [0.25, 0.3) is 0 Å². The third-order valence-corrected chi connectivity index (χ3v) is 2.54. The van der Waals surface area contributed by atoms with Crippen LogP contribution in [-0.4, -0.2) is 10.8 Å². The van der Waals surface area contributed by atoms with Gasteiger partial charge in [0.05, 0.1) is 0 Å². The topological polar surface area (TPSA) is 30.0 Å². The minimum absolute atomic E-state index is 0.277. The van der Waals surface area contributed by atoms with Crippen molar-refractivity contribution in [1.82, 2.24) is 4.98 Å². The molecular formula is C11H13NO. The molecule has 2 rings (SSSR count). The van der Waals surface area contributed by atoms with E-state index in [-0.39, 0.29) is 5.78 Å². The molecule has 13 heavy (non-hydrogen) atoms. The quantitative estimate of drug-likeness (QED) is 0.655. The maximum atomic E-state index is 11.4. The number of fused-ring (bicyclic) bond motifs is 1. The van der Waals surface area contributed by atoms with Gasteiger partial charge in [-0.2, -0.15) is 0 Å². The van der Waals surface area contributed by atoms with Crippen molar-refractivity contribution < 1.29 is 4.79 Å². The van der Waals surface area contributed by atoms with Crippen LogP contribution in [-0.2, 0) is 6.42 Å². The lowest BCUT2D eigenvalue weighted by atomic mass is 10.0. The summed E-state index contributed by atoms with van der Waals surface area (Å²) in [5.74, 6) is 0.695. The average Bonchev–Trinajstić information content (AvgIpc) is 2.48. The number of nitrogens with zero attached hydrogens (tertiary/aromatic N) is 1. The molecule has 0 unspecified atom stereocenters. The third-order valence-electron chi connectivity index (χ3n) is 2.54. The van der Waals surface area contributed by atoms with Crippen LogP contribution in [0.15, 0.2) is 12.3 Å². The van der Waals surface area contributed by atoms with Crippen LogP contribution in [0.25, 0.3) is 0 Å². The van der Waals surface area contributed by atoms with Crippen molar-refractivity contribution in [2.24, 2.45) is 0 Å². The van der Waals surface area contributed by atoms with Crippen molar-refractivity contribution in [2.75, 3.05) is 0 Å². The second kappa shape index (κ2) is 2.95. The van der Waals surface area contributed by atoms with E-state index >= 15 is 0 Å². The second-order valence-corrected chi connectivity index (χ2v) is 3.80. The Morgan fingerprint density at radius 1 is 1.38 bits per heavy atom. The Morgan fingerprint density at radius 2 is 2.15 bits per heavy atom. The smallest absolute Gasteiger partial charge is 0.163 e. The number of pyridine rings is 1. The fourth-order valence-electron chi connectivity index (χ4n) is 1.90. The Kier molecular flexibility index (Phi) is 1.91. The number of Topliss-reactive ketones (excluding diaryl/α,β-unsaturated/α-hetero) is 1. The van der Waals surface area contributed by atoms with Crippen molar-refractivity contribution >= 4 is 5.78 Å². The Balaban J connectivity index is 2.57. The molecule has 0 aromatic carbocycles. The second-order valence-electron chi connectivity index (χ2n) is 3.80. The number of hydrogen-bond donors (Lipinski definition) is 0. The van der Waals surface area contributed by atoms with Crippen molar-refractivity contribution in [2.45, 2.75) is 32.6 Å². The molecule has 0 bridgehead atoms. The molecule has 1 aromatic rings. The van der Waals surface area contributed by atoms with E-state index in [1.807, 2.05) is 6.07 Å². The van der Waals surface area contributed by atoms with Gasteiger partial charge >= 0.3 is 0 Å². The van der Waals surface area contributed by atoms with Crippen LogP contribution in [0.1, 0.15) is 47.8 Å². The Morgan fingerprint density at radius 3 is 2.85 bits per heavy atom. The predicted molar refractivity (Wildman–Crippen MR) is 51.0 cm³/mol. The summed E-state index contributed by atoms with van der Waals surface area (Å²) in [6.45, 7) is 4.23. The summed E-state index contributed by atoms with van der Waals surface area (Å²) >= 11 is 0. The monoisotopic (exact) mass is 175 g/mol. The standard InChI is InChI=1S/C11H13NO/c1-7(2)11-9-3-4-10(13)8(9)5-6-12-11/h5-7H,3-4H2,1-2H3. The normalized spacial score (nSPS) is 15.2. The van der Waals surface area contributed by atoms with Gasteiger partial charge in [-0.05, 0) is 24.0 Å². The number of rotatable bonds is 1. The first-order valence-corrected chi connectivity index (χ1v) is 4.71. The van der Waals surface area contributed by atoms with Crippen LogP contribution < -0.4 is 0 Å². The molecule has 0 atom stereocenters. The Labute approximate surface area is 78.0 Å². The van der Waals surface area contributed by atoms with Gasteiger partial charge in [0.1, 0.15) is 0 Å². The number of carbonyl (C=O) groups excluding carboxylic acids is 1. The first-order chi connectivity index (χ1) is 6.20. The van der Waals surface area contributed by atoms with Gasteiger partial charge in [0, 0.05) is 23.9 Å². The zero-order valence-electron chi connectivity index (χ0n) is 8.00. The molecule has 1 aliphatic rings. The molecular weight excluding hydrogens is 162 g/mol. The van der Waals surface area contributed by atoms with Gasteiger partial charge in [-0.1, -0.05) is 13.8 Å². The molecule has 0 fully saturated rings. The highest BCUT2D eigenvalue weighted by Gasteiger charge is 2.23. The lowest BCUT2D eigenvalue weighted by Crippen LogP contribution is -2.00. The molecule has 0 saturated heterocycles. The molecule has 2 heteroatoms. The van der Waals surface area contributed by atoms with Crippen molar-refractivity contribution in [1.29, 1.82) is 0 Å². The first kappa shape index (κ1) is 8.42. The minimum atomic E-state index is 0.277. The lowest BCUT2D eigenvalue weighted by Gasteiger charge is -2.08. The van der Waals surface area contributed by atoms with Crippen LogP contribution in [0.3, 0.4) is 0 Å². The molecule has 2 nitrogen and oxygen atoms in total. The number of ketones is 1. The largest absolute Gasteiger partial charge is 0.294 e. The predicted octanol–water partition coefficient (Wildman–Crippen LogP) is 2.33. The van der Waals surface area contributed by atoms with Crippen LogP contribution in [0.5, 0.6) is 0 Å². The maximum Gasteiger partial charge on any atom is 0.163 e. The molecule has 0 amide bonds. The lowest BCUT2D eigenvalue weighted by molar-refractivity contribution is 0.0994. The zero-order valence-corrected chi connectivity index (χ0v) is 8.00. The molecule has 0 aliphatic heterocycles. The highest BCUT2D eigenvalue weighted by atomic mass is 16.1. The summed E-state index contributed by atoms with van der Waals surface area (Å²) in [6, 6.07) is 1.84. The molecule has 1 aliphatic carbocycles. The molecule has 0 N–H and O–H groups in total. The van der Waals surface area contributed by atoms with Crippen LogP contribution in [0.2, 0.25) is 0 Å². The van der Waals surface area contributed by atoms with Crippen LogP contribution in [0.4, 0.5) is 0 Å². The van der Waals surface area contributed by atoms with Gasteiger partial charge in [0.15, 0.2) is 5.78 Å². The van der Waals surface area contributed by atoms with Gasteiger partial charge in [0.2, 0.25) is 0 Å². The van der Waals surface area contributed by atoms with Gasteiger partial charge in [-0.25, -0.2) is 0 Å². The van der Waals surface area contributed by atoms with E-state index in [4.69, 9.17) is 0 Å². The number of carbonyl (C=O) groups is 1. The molecule has 1 aromatic heterocycles. The van der Waals surface area contributed by atoms with E-state index in [9.17, 15) is 4.79 Å². The van der Waals surface area contributed by atoms with Crippen molar-refractivity contribution in [3.8, 4) is 0 Å². The van der Waals surface area contributed by atoms with Crippen LogP contribution in [0, 0.1) is 0 Å². The highest BCUT2D eigenvalue weighted by molar-refractivity contribution is 6.00. The van der Waals surface area contributed by atoms with Gasteiger partial charge < -0.3 is 0 Å². The van der Waals surface area contributed by atoms with E-state index < -0.39 is 0 Å². The van der Waals surface area contributed by atoms with Crippen molar-refractivity contribution in [3.05, 3.63) is 29.1 Å². The number of hydrogen-bond acceptors (Lipinski definition) is 2. The Hall–Kier alpha value is -1.18. The van der Waals surface area contributed by atoms with Crippen molar-refractivity contribution in [3.63, 3.8) is 0 Å². The molecule has 0 saturated carbocycles. The molecule has 0 spiro atoms. The highest BCUT2D eigenvalue weighted by Crippen LogP contribution is 2.27. The molecule has 1 heterocycles. The fraction of sp³-hybridized carbons (Fsp3) is 0.455. The first-order valence-electron chi connectivity index (χ1n) is 4.71. The summed E-state index contributed by atoms with van der Waals surface area (Å²) in [4.78, 5) is 15.7. The summed E-state index contributed by atoms with van der Waals surface area (Å²) in [7, 11) is 0. The maximum absolute atomic E-state index is 11.4. The van der Waals surface area contributed by atoms with E-state index in [1.165, 1.54) is 5.56 Å². The zero-order chi connectivity index (χ0) is 9.42. The van der Waals surface area contributed by atoms with E-state index in [0.717, 1.165) is 17.7 Å².